The van der Waals surface area contributed by atoms with Gasteiger partial charge < -0.3 is 10.8 Å². The number of hydrogen-bond donors (Lipinski definition) is 2. The zero-order valence-electron chi connectivity index (χ0n) is 13.2. The van der Waals surface area contributed by atoms with Crippen LogP contribution in [0.5, 0.6) is 0 Å². The summed E-state index contributed by atoms with van der Waals surface area (Å²) in [5.41, 5.74) is 8.48. The second-order valence-corrected chi connectivity index (χ2v) is 8.07. The van der Waals surface area contributed by atoms with Gasteiger partial charge in [-0.05, 0) is 57.3 Å². The van der Waals surface area contributed by atoms with Crippen molar-refractivity contribution >= 4 is 0 Å². The van der Waals surface area contributed by atoms with E-state index in [-0.39, 0.29) is 10.8 Å². The maximum Gasteiger partial charge on any atom is 0.119 e. The Morgan fingerprint density at radius 1 is 1.24 bits per heavy atom. The van der Waals surface area contributed by atoms with Gasteiger partial charge in [0.15, 0.2) is 0 Å². The van der Waals surface area contributed by atoms with E-state index >= 15 is 0 Å². The van der Waals surface area contributed by atoms with E-state index < -0.39 is 5.72 Å². The maximum atomic E-state index is 10.7. The summed E-state index contributed by atoms with van der Waals surface area (Å²) in [7, 11) is 0. The first-order chi connectivity index (χ1) is 9.88. The highest BCUT2D eigenvalue weighted by Crippen LogP contribution is 2.63. The molecule has 5 atom stereocenters. The number of nitrogens with two attached hydrogens (primary N) is 1. The van der Waals surface area contributed by atoms with Crippen LogP contribution in [0.3, 0.4) is 0 Å². The van der Waals surface area contributed by atoms with E-state index in [9.17, 15) is 5.11 Å². The quantitative estimate of drug-likeness (QED) is 0.527. The average Bonchev–Trinajstić information content (AvgIpc) is 2.69. The van der Waals surface area contributed by atoms with Gasteiger partial charge in [0, 0.05) is 10.8 Å². The minimum atomic E-state index is -0.987. The van der Waals surface area contributed by atoms with Crippen molar-refractivity contribution < 1.29 is 5.11 Å². The fraction of sp³-hybridized carbons (Fsp3) is 0.684. The van der Waals surface area contributed by atoms with Crippen LogP contribution < -0.4 is 5.73 Å². The topological polar surface area (TPSA) is 46.2 Å². The van der Waals surface area contributed by atoms with E-state index in [2.05, 4.69) is 38.2 Å². The van der Waals surface area contributed by atoms with Gasteiger partial charge >= 0.3 is 0 Å². The third kappa shape index (κ3) is 1.61. The lowest BCUT2D eigenvalue weighted by molar-refractivity contribution is -0.0758. The maximum absolute atomic E-state index is 10.7. The van der Waals surface area contributed by atoms with Crippen LogP contribution in [-0.4, -0.2) is 10.8 Å². The number of aliphatic hydroxyl groups is 1. The molecule has 4 rings (SSSR count). The smallest absolute Gasteiger partial charge is 0.119 e. The minimum Gasteiger partial charge on any atom is -0.376 e. The average molecular weight is 285 g/mol. The van der Waals surface area contributed by atoms with Gasteiger partial charge in [-0.1, -0.05) is 42.4 Å². The molecule has 0 aromatic heterocycles. The van der Waals surface area contributed by atoms with E-state index in [1.807, 2.05) is 0 Å². The zero-order valence-corrected chi connectivity index (χ0v) is 13.2. The minimum absolute atomic E-state index is 0.137. The molecule has 0 aromatic rings. The Kier molecular flexibility index (Phi) is 2.70. The molecule has 3 N–H and O–H groups in total. The molecule has 1 unspecified atom stereocenters. The van der Waals surface area contributed by atoms with E-state index in [0.29, 0.717) is 11.8 Å². The van der Waals surface area contributed by atoms with Gasteiger partial charge in [-0.15, -0.1) is 0 Å². The van der Waals surface area contributed by atoms with Gasteiger partial charge in [0.05, 0.1) is 0 Å². The monoisotopic (exact) mass is 285 g/mol. The van der Waals surface area contributed by atoms with Crippen molar-refractivity contribution in [3.05, 3.63) is 35.5 Å². The van der Waals surface area contributed by atoms with Gasteiger partial charge in [0.25, 0.3) is 0 Å². The van der Waals surface area contributed by atoms with Gasteiger partial charge in [-0.2, -0.15) is 0 Å². The molecule has 2 heteroatoms. The molecular formula is C19H27NO. The molecule has 4 aliphatic carbocycles. The van der Waals surface area contributed by atoms with E-state index in [4.69, 9.17) is 5.73 Å². The lowest BCUT2D eigenvalue weighted by Gasteiger charge is -2.53. The summed E-state index contributed by atoms with van der Waals surface area (Å²) in [6, 6.07) is 0. The molecule has 2 saturated carbocycles. The number of rotatable bonds is 0. The molecule has 0 aliphatic heterocycles. The van der Waals surface area contributed by atoms with Crippen molar-refractivity contribution in [3.63, 3.8) is 0 Å². The Balaban J connectivity index is 1.79. The van der Waals surface area contributed by atoms with Crippen LogP contribution in [0, 0.1) is 22.7 Å². The van der Waals surface area contributed by atoms with Gasteiger partial charge in [-0.3, -0.25) is 0 Å². The van der Waals surface area contributed by atoms with Crippen LogP contribution in [0.2, 0.25) is 0 Å². The summed E-state index contributed by atoms with van der Waals surface area (Å²) in [4.78, 5) is 0. The molecule has 0 radical (unpaired) electrons. The summed E-state index contributed by atoms with van der Waals surface area (Å²) in [6.45, 7) is 4.60. The molecule has 4 aliphatic rings. The summed E-state index contributed by atoms with van der Waals surface area (Å²) in [6.07, 6.45) is 15.9. The number of allylic oxidation sites excluding steroid dienone is 6. The second-order valence-electron chi connectivity index (χ2n) is 8.07. The first-order valence-electron chi connectivity index (χ1n) is 8.47. The van der Waals surface area contributed by atoms with E-state index in [1.165, 1.54) is 12.8 Å². The first-order valence-corrected chi connectivity index (χ1v) is 8.47. The molecule has 2 fully saturated rings. The summed E-state index contributed by atoms with van der Waals surface area (Å²) in [5, 5.41) is 10.7. The molecular weight excluding hydrogens is 258 g/mol. The molecule has 2 nitrogen and oxygen atoms in total. The molecule has 0 spiro atoms. The fourth-order valence-corrected chi connectivity index (χ4v) is 5.71. The number of hydrogen-bond acceptors (Lipinski definition) is 2. The highest BCUT2D eigenvalue weighted by molar-refractivity contribution is 5.44. The third-order valence-electron chi connectivity index (χ3n) is 7.22. The largest absolute Gasteiger partial charge is 0.376 e. The lowest BCUT2D eigenvalue weighted by atomic mass is 9.52. The van der Waals surface area contributed by atoms with Crippen LogP contribution in [0.15, 0.2) is 35.5 Å². The van der Waals surface area contributed by atoms with Crippen molar-refractivity contribution in [3.8, 4) is 0 Å². The van der Waals surface area contributed by atoms with Crippen molar-refractivity contribution in [2.45, 2.75) is 58.1 Å². The Morgan fingerprint density at radius 3 is 2.86 bits per heavy atom. The van der Waals surface area contributed by atoms with Gasteiger partial charge in [0.2, 0.25) is 0 Å². The molecule has 0 saturated heterocycles. The highest BCUT2D eigenvalue weighted by atomic mass is 16.3. The second kappa shape index (κ2) is 4.11. The third-order valence-corrected chi connectivity index (χ3v) is 7.22. The summed E-state index contributed by atoms with van der Waals surface area (Å²) >= 11 is 0. The predicted molar refractivity (Wildman–Crippen MR) is 85.3 cm³/mol. The molecule has 114 valence electrons. The molecule has 21 heavy (non-hydrogen) atoms. The molecule has 0 bridgehead atoms. The zero-order chi connectivity index (χ0) is 14.9. The Bertz CT molecular complexity index is 570. The fourth-order valence-electron chi connectivity index (χ4n) is 5.71. The van der Waals surface area contributed by atoms with Crippen LogP contribution >= 0.6 is 0 Å². The Labute approximate surface area is 127 Å². The normalized spacial score (nSPS) is 51.6. The molecule has 0 heterocycles. The molecule has 0 aromatic carbocycles. The van der Waals surface area contributed by atoms with Crippen LogP contribution in [-0.2, 0) is 0 Å². The Hall–Kier alpha value is -0.860. The van der Waals surface area contributed by atoms with Gasteiger partial charge in [0.1, 0.15) is 5.72 Å². The molecule has 0 amide bonds. The van der Waals surface area contributed by atoms with E-state index in [0.717, 1.165) is 25.7 Å². The van der Waals surface area contributed by atoms with Crippen molar-refractivity contribution in [1.29, 1.82) is 0 Å². The number of fused-ring (bicyclic) bond motifs is 5. The first kappa shape index (κ1) is 13.8. The van der Waals surface area contributed by atoms with Crippen molar-refractivity contribution in [1.82, 2.24) is 0 Å². The highest BCUT2D eigenvalue weighted by Gasteiger charge is 2.60. The van der Waals surface area contributed by atoms with Crippen molar-refractivity contribution in [2.24, 2.45) is 28.4 Å². The SMILES string of the molecule is C[C@]12C=CCC=C1CC[C@@H]1C2=CC[C@@]2(C)[C@H]1CCC2(N)O. The standard InChI is InChI=1S/C19H27NO/c1-17-10-4-3-5-13(17)6-7-14-15(17)8-11-18(2)16(14)9-12-19(18,20)21/h4-5,8,10,14,16,21H,3,6-7,9,11-12,20H2,1-2H3/t14-,16+,17+,18+,19?/m1/s1. The van der Waals surface area contributed by atoms with Crippen molar-refractivity contribution in [2.75, 3.05) is 0 Å². The summed E-state index contributed by atoms with van der Waals surface area (Å²) < 4.78 is 0. The summed E-state index contributed by atoms with van der Waals surface area (Å²) in [5.74, 6) is 1.15. The van der Waals surface area contributed by atoms with Gasteiger partial charge in [-0.25, -0.2) is 0 Å². The van der Waals surface area contributed by atoms with Crippen LogP contribution in [0.1, 0.15) is 52.4 Å². The Morgan fingerprint density at radius 2 is 2.05 bits per heavy atom. The van der Waals surface area contributed by atoms with E-state index in [1.54, 1.807) is 11.1 Å². The van der Waals surface area contributed by atoms with Crippen LogP contribution in [0.25, 0.3) is 0 Å². The van der Waals surface area contributed by atoms with Crippen LogP contribution in [0.4, 0.5) is 0 Å². The predicted octanol–water partition coefficient (Wildman–Crippen LogP) is 3.68. The lowest BCUT2D eigenvalue weighted by Crippen LogP contribution is -2.55.